The highest BCUT2D eigenvalue weighted by Gasteiger charge is 2.42. The fraction of sp³-hybridized carbons (Fsp3) is 0.700. The predicted octanol–water partition coefficient (Wildman–Crippen LogP) is 2.42. The molecule has 1 rings (SSSR count). The normalized spacial score (nSPS) is 35.6. The van der Waals surface area contributed by atoms with Crippen molar-refractivity contribution in [3.8, 4) is 0 Å². The Balaban J connectivity index is 2.75. The molecule has 0 aromatic heterocycles. The van der Waals surface area contributed by atoms with Gasteiger partial charge in [0.2, 0.25) is 0 Å². The molecule has 74 valence electrons. The van der Waals surface area contributed by atoms with Gasteiger partial charge in [0.05, 0.1) is 5.92 Å². The summed E-state index contributed by atoms with van der Waals surface area (Å²) in [6.07, 6.45) is 1.93. The maximum atomic E-state index is 11.5. The largest absolute Gasteiger partial charge is 0.461 e. The van der Waals surface area contributed by atoms with Crippen LogP contribution in [0.1, 0.15) is 13.8 Å². The van der Waals surface area contributed by atoms with Gasteiger partial charge in [-0.1, -0.05) is 42.5 Å². The van der Waals surface area contributed by atoms with E-state index in [9.17, 15) is 4.79 Å². The Kier molecular flexibility index (Phi) is 3.76. The quantitative estimate of drug-likeness (QED) is 0.346. The van der Waals surface area contributed by atoms with Crippen molar-refractivity contribution >= 4 is 28.6 Å². The van der Waals surface area contributed by atoms with Crippen molar-refractivity contribution < 1.29 is 9.53 Å². The second kappa shape index (κ2) is 4.44. The van der Waals surface area contributed by atoms with E-state index in [4.69, 9.17) is 4.74 Å². The molecule has 1 fully saturated rings. The predicted molar refractivity (Wildman–Crippen MR) is 60.8 cm³/mol. The monoisotopic (exact) mass is 294 g/mol. The highest BCUT2D eigenvalue weighted by molar-refractivity contribution is 14.1. The second-order valence-corrected chi connectivity index (χ2v) is 4.49. The van der Waals surface area contributed by atoms with E-state index in [1.54, 1.807) is 0 Å². The van der Waals surface area contributed by atoms with Crippen molar-refractivity contribution in [1.82, 2.24) is 0 Å². The lowest BCUT2D eigenvalue weighted by atomic mass is 9.83. The summed E-state index contributed by atoms with van der Waals surface area (Å²) >= 11 is 2.26. The minimum atomic E-state index is -0.0541. The van der Waals surface area contributed by atoms with Gasteiger partial charge in [-0.25, -0.2) is 0 Å². The number of ether oxygens (including phenoxy) is 1. The van der Waals surface area contributed by atoms with Crippen LogP contribution in [0.5, 0.6) is 0 Å². The minimum absolute atomic E-state index is 0.0114. The molecule has 0 amide bonds. The molecule has 0 aromatic rings. The summed E-state index contributed by atoms with van der Waals surface area (Å²) in [5.74, 6) is 0.492. The van der Waals surface area contributed by atoms with Gasteiger partial charge < -0.3 is 4.74 Å². The van der Waals surface area contributed by atoms with Crippen LogP contribution >= 0.6 is 22.6 Å². The van der Waals surface area contributed by atoms with Crippen LogP contribution in [0, 0.1) is 17.8 Å². The Morgan fingerprint density at radius 2 is 2.38 bits per heavy atom. The molecule has 1 heterocycles. The summed E-state index contributed by atoms with van der Waals surface area (Å²) in [4.78, 5) is 11.5. The Bertz CT molecular complexity index is 215. The molecule has 4 atom stereocenters. The summed E-state index contributed by atoms with van der Waals surface area (Å²) < 4.78 is 6.14. The summed E-state index contributed by atoms with van der Waals surface area (Å²) in [7, 11) is 0. The third-order valence-corrected chi connectivity index (χ3v) is 3.65. The molecule has 0 aromatic carbocycles. The number of allylic oxidation sites excluding steroid dienone is 1. The first-order valence-corrected chi connectivity index (χ1v) is 6.03. The van der Waals surface area contributed by atoms with Gasteiger partial charge in [-0.15, -0.1) is 6.58 Å². The maximum Gasteiger partial charge on any atom is 0.310 e. The van der Waals surface area contributed by atoms with Crippen molar-refractivity contribution in [2.24, 2.45) is 17.8 Å². The molecule has 1 aliphatic heterocycles. The van der Waals surface area contributed by atoms with Gasteiger partial charge in [-0.2, -0.15) is 0 Å². The lowest BCUT2D eigenvalue weighted by molar-refractivity contribution is -0.144. The molecule has 3 heteroatoms. The molecule has 0 aliphatic carbocycles. The Labute approximate surface area is 92.9 Å². The number of cyclic esters (lactones) is 1. The number of halogens is 1. The highest BCUT2D eigenvalue weighted by atomic mass is 127. The van der Waals surface area contributed by atoms with Crippen molar-refractivity contribution in [1.29, 1.82) is 0 Å². The SMILES string of the molecule is C=C[C@H](C)[C@H]1C(=O)O[C@H](CI)[C@@H]1C. The summed E-state index contributed by atoms with van der Waals surface area (Å²) in [5, 5.41) is 0. The van der Waals surface area contributed by atoms with Gasteiger partial charge >= 0.3 is 5.97 Å². The van der Waals surface area contributed by atoms with Crippen LogP contribution in [0.15, 0.2) is 12.7 Å². The van der Waals surface area contributed by atoms with E-state index in [1.807, 2.05) is 13.0 Å². The number of esters is 1. The van der Waals surface area contributed by atoms with Crippen LogP contribution in [-0.4, -0.2) is 16.5 Å². The van der Waals surface area contributed by atoms with Crippen LogP contribution in [0.3, 0.4) is 0 Å². The average Bonchev–Trinajstić information content (AvgIpc) is 2.40. The van der Waals surface area contributed by atoms with E-state index in [0.717, 1.165) is 4.43 Å². The first kappa shape index (κ1) is 11.0. The lowest BCUT2D eigenvalue weighted by Crippen LogP contribution is -2.23. The lowest BCUT2D eigenvalue weighted by Gasteiger charge is -2.17. The van der Waals surface area contributed by atoms with Gasteiger partial charge in [0, 0.05) is 10.3 Å². The molecule has 13 heavy (non-hydrogen) atoms. The molecule has 0 spiro atoms. The molecule has 1 aliphatic rings. The molecule has 0 unspecified atom stereocenters. The van der Waals surface area contributed by atoms with Gasteiger partial charge in [-0.3, -0.25) is 4.79 Å². The van der Waals surface area contributed by atoms with Crippen LogP contribution in [0.2, 0.25) is 0 Å². The van der Waals surface area contributed by atoms with Crippen molar-refractivity contribution in [3.05, 3.63) is 12.7 Å². The fourth-order valence-corrected chi connectivity index (χ4v) is 2.78. The van der Waals surface area contributed by atoms with Crippen LogP contribution in [0.25, 0.3) is 0 Å². The van der Waals surface area contributed by atoms with Gasteiger partial charge in [0.15, 0.2) is 0 Å². The molecular formula is C10H15IO2. The number of alkyl halides is 1. The van der Waals surface area contributed by atoms with E-state index in [2.05, 4.69) is 36.1 Å². The van der Waals surface area contributed by atoms with Crippen LogP contribution in [-0.2, 0) is 9.53 Å². The standard InChI is InChI=1S/C10H15IO2/c1-4-6(2)9-7(3)8(5-11)13-10(9)12/h4,6-9H,1,5H2,2-3H3/t6-,7-,8+,9+/m0/s1. The van der Waals surface area contributed by atoms with Crippen LogP contribution < -0.4 is 0 Å². The number of carbonyl (C=O) groups is 1. The third-order valence-electron chi connectivity index (χ3n) is 2.78. The smallest absolute Gasteiger partial charge is 0.310 e. The summed E-state index contributed by atoms with van der Waals surface area (Å²) in [6.45, 7) is 7.82. The van der Waals surface area contributed by atoms with Crippen molar-refractivity contribution in [2.45, 2.75) is 20.0 Å². The number of rotatable bonds is 3. The molecule has 0 saturated carbocycles. The third kappa shape index (κ3) is 2.06. The van der Waals surface area contributed by atoms with E-state index in [1.165, 1.54) is 0 Å². The number of hydrogen-bond donors (Lipinski definition) is 0. The zero-order valence-corrected chi connectivity index (χ0v) is 10.2. The first-order chi connectivity index (χ1) is 6.11. The number of carbonyl (C=O) groups excluding carboxylic acids is 1. The Morgan fingerprint density at radius 1 is 1.77 bits per heavy atom. The minimum Gasteiger partial charge on any atom is -0.461 e. The Hall–Kier alpha value is -0.0600. The first-order valence-electron chi connectivity index (χ1n) is 4.50. The molecule has 0 radical (unpaired) electrons. The van der Waals surface area contributed by atoms with E-state index < -0.39 is 0 Å². The van der Waals surface area contributed by atoms with E-state index >= 15 is 0 Å². The van der Waals surface area contributed by atoms with Gasteiger partial charge in [-0.05, 0) is 5.92 Å². The fourth-order valence-electron chi connectivity index (χ4n) is 1.79. The van der Waals surface area contributed by atoms with Gasteiger partial charge in [0.1, 0.15) is 6.10 Å². The van der Waals surface area contributed by atoms with Crippen molar-refractivity contribution in [2.75, 3.05) is 4.43 Å². The van der Waals surface area contributed by atoms with E-state index in [-0.39, 0.29) is 23.9 Å². The zero-order valence-electron chi connectivity index (χ0n) is 8.00. The molecular weight excluding hydrogens is 279 g/mol. The van der Waals surface area contributed by atoms with E-state index in [0.29, 0.717) is 5.92 Å². The summed E-state index contributed by atoms with van der Waals surface area (Å²) in [5.41, 5.74) is 0. The average molecular weight is 294 g/mol. The second-order valence-electron chi connectivity index (χ2n) is 3.61. The molecule has 2 nitrogen and oxygen atoms in total. The Morgan fingerprint density at radius 3 is 2.77 bits per heavy atom. The zero-order chi connectivity index (χ0) is 10.0. The van der Waals surface area contributed by atoms with Gasteiger partial charge in [0.25, 0.3) is 0 Å². The molecule has 0 bridgehead atoms. The maximum absolute atomic E-state index is 11.5. The highest BCUT2D eigenvalue weighted by Crippen LogP contribution is 2.34. The molecule has 0 N–H and O–H groups in total. The van der Waals surface area contributed by atoms with Crippen LogP contribution in [0.4, 0.5) is 0 Å². The topological polar surface area (TPSA) is 26.3 Å². The summed E-state index contributed by atoms with van der Waals surface area (Å²) in [6, 6.07) is 0. The number of hydrogen-bond acceptors (Lipinski definition) is 2. The van der Waals surface area contributed by atoms with Crippen molar-refractivity contribution in [3.63, 3.8) is 0 Å². The molecule has 1 saturated heterocycles.